The highest BCUT2D eigenvalue weighted by Crippen LogP contribution is 2.17. The van der Waals surface area contributed by atoms with Crippen LogP contribution in [-0.4, -0.2) is 17.2 Å². The SMILES string of the molecule is O=C(NN=Cc1c(O)cccc1F)c1ccccc1. The van der Waals surface area contributed by atoms with Crippen LogP contribution in [0.4, 0.5) is 4.39 Å². The van der Waals surface area contributed by atoms with Gasteiger partial charge in [-0.2, -0.15) is 5.10 Å². The van der Waals surface area contributed by atoms with Gasteiger partial charge in [0, 0.05) is 5.56 Å². The molecular weight excluding hydrogens is 247 g/mol. The summed E-state index contributed by atoms with van der Waals surface area (Å²) in [7, 11) is 0. The third-order valence-corrected chi connectivity index (χ3v) is 2.43. The molecule has 0 saturated heterocycles. The van der Waals surface area contributed by atoms with Crippen molar-refractivity contribution < 1.29 is 14.3 Å². The molecule has 2 aromatic rings. The zero-order valence-electron chi connectivity index (χ0n) is 9.88. The van der Waals surface area contributed by atoms with Crippen LogP contribution in [0.25, 0.3) is 0 Å². The normalized spacial score (nSPS) is 10.6. The van der Waals surface area contributed by atoms with Gasteiger partial charge in [0.15, 0.2) is 0 Å². The third kappa shape index (κ3) is 3.16. The van der Waals surface area contributed by atoms with E-state index >= 15 is 0 Å². The number of hydrogen-bond donors (Lipinski definition) is 2. The van der Waals surface area contributed by atoms with E-state index < -0.39 is 11.7 Å². The van der Waals surface area contributed by atoms with E-state index in [0.29, 0.717) is 5.56 Å². The Morgan fingerprint density at radius 3 is 2.58 bits per heavy atom. The molecule has 0 spiro atoms. The number of hydrogen-bond acceptors (Lipinski definition) is 3. The summed E-state index contributed by atoms with van der Waals surface area (Å²) >= 11 is 0. The number of amides is 1. The minimum absolute atomic E-state index is 0.0733. The van der Waals surface area contributed by atoms with Crippen LogP contribution < -0.4 is 5.43 Å². The van der Waals surface area contributed by atoms with E-state index in [1.807, 2.05) is 0 Å². The van der Waals surface area contributed by atoms with E-state index in [4.69, 9.17) is 0 Å². The van der Waals surface area contributed by atoms with Gasteiger partial charge in [-0.05, 0) is 24.3 Å². The number of phenolic OH excluding ortho intramolecular Hbond substituents is 1. The summed E-state index contributed by atoms with van der Waals surface area (Å²) in [6, 6.07) is 12.4. The molecule has 1 amide bonds. The fourth-order valence-electron chi connectivity index (χ4n) is 1.46. The van der Waals surface area contributed by atoms with Gasteiger partial charge in [-0.1, -0.05) is 24.3 Å². The number of phenols is 1. The smallest absolute Gasteiger partial charge is 0.271 e. The monoisotopic (exact) mass is 258 g/mol. The van der Waals surface area contributed by atoms with Crippen molar-refractivity contribution in [3.63, 3.8) is 0 Å². The summed E-state index contributed by atoms with van der Waals surface area (Å²) in [5.41, 5.74) is 2.62. The highest BCUT2D eigenvalue weighted by molar-refractivity contribution is 5.95. The number of rotatable bonds is 3. The van der Waals surface area contributed by atoms with Crippen molar-refractivity contribution in [2.45, 2.75) is 0 Å². The average Bonchev–Trinajstić information content (AvgIpc) is 2.43. The van der Waals surface area contributed by atoms with E-state index in [0.717, 1.165) is 6.21 Å². The van der Waals surface area contributed by atoms with Crippen LogP contribution in [0.15, 0.2) is 53.6 Å². The molecule has 19 heavy (non-hydrogen) atoms. The van der Waals surface area contributed by atoms with Gasteiger partial charge < -0.3 is 5.11 Å². The van der Waals surface area contributed by atoms with Gasteiger partial charge in [0.05, 0.1) is 11.8 Å². The molecule has 96 valence electrons. The minimum Gasteiger partial charge on any atom is -0.507 e. The first-order valence-electron chi connectivity index (χ1n) is 5.54. The number of carbonyl (C=O) groups is 1. The molecule has 2 aromatic carbocycles. The van der Waals surface area contributed by atoms with Crippen molar-refractivity contribution in [1.82, 2.24) is 5.43 Å². The average molecular weight is 258 g/mol. The molecule has 0 aromatic heterocycles. The summed E-state index contributed by atoms with van der Waals surface area (Å²) in [6.07, 6.45) is 1.06. The molecule has 0 atom stereocenters. The Hall–Kier alpha value is -2.69. The Morgan fingerprint density at radius 1 is 1.16 bits per heavy atom. The number of hydrazone groups is 1. The molecule has 0 heterocycles. The number of nitrogens with one attached hydrogen (secondary N) is 1. The fourth-order valence-corrected chi connectivity index (χ4v) is 1.46. The molecule has 0 aliphatic carbocycles. The van der Waals surface area contributed by atoms with E-state index in [9.17, 15) is 14.3 Å². The lowest BCUT2D eigenvalue weighted by molar-refractivity contribution is 0.0955. The number of benzene rings is 2. The molecule has 0 saturated carbocycles. The summed E-state index contributed by atoms with van der Waals surface area (Å²) in [5.74, 6) is -1.26. The maximum Gasteiger partial charge on any atom is 0.271 e. The number of carbonyl (C=O) groups excluding carboxylic acids is 1. The quantitative estimate of drug-likeness (QED) is 0.655. The summed E-state index contributed by atoms with van der Waals surface area (Å²) in [5, 5.41) is 13.0. The molecule has 4 nitrogen and oxygen atoms in total. The second kappa shape index (κ2) is 5.77. The van der Waals surface area contributed by atoms with Crippen molar-refractivity contribution in [3.8, 4) is 5.75 Å². The highest BCUT2D eigenvalue weighted by Gasteiger charge is 2.05. The van der Waals surface area contributed by atoms with E-state index in [1.165, 1.54) is 18.2 Å². The van der Waals surface area contributed by atoms with E-state index in [1.54, 1.807) is 30.3 Å². The first-order valence-corrected chi connectivity index (χ1v) is 5.54. The van der Waals surface area contributed by atoms with E-state index in [-0.39, 0.29) is 11.3 Å². The Bertz CT molecular complexity index is 592. The minimum atomic E-state index is -0.613. The van der Waals surface area contributed by atoms with Gasteiger partial charge >= 0.3 is 0 Å². The van der Waals surface area contributed by atoms with Crippen LogP contribution in [0.5, 0.6) is 5.75 Å². The van der Waals surface area contributed by atoms with Gasteiger partial charge in [0.2, 0.25) is 0 Å². The molecule has 0 fully saturated rings. The lowest BCUT2D eigenvalue weighted by Gasteiger charge is -2.01. The van der Waals surface area contributed by atoms with Gasteiger partial charge in [0.1, 0.15) is 11.6 Å². The first kappa shape index (κ1) is 12.8. The Morgan fingerprint density at radius 2 is 1.89 bits per heavy atom. The van der Waals surface area contributed by atoms with Crippen LogP contribution in [0, 0.1) is 5.82 Å². The van der Waals surface area contributed by atoms with Crippen LogP contribution in [0.3, 0.4) is 0 Å². The van der Waals surface area contributed by atoms with Crippen LogP contribution in [0.1, 0.15) is 15.9 Å². The molecule has 2 rings (SSSR count). The third-order valence-electron chi connectivity index (χ3n) is 2.43. The lowest BCUT2D eigenvalue weighted by atomic mass is 10.2. The molecular formula is C14H11FN2O2. The molecule has 0 radical (unpaired) electrons. The van der Waals surface area contributed by atoms with Gasteiger partial charge in [-0.25, -0.2) is 9.82 Å². The van der Waals surface area contributed by atoms with Crippen LogP contribution >= 0.6 is 0 Å². The van der Waals surface area contributed by atoms with Gasteiger partial charge in [-0.3, -0.25) is 4.79 Å². The lowest BCUT2D eigenvalue weighted by Crippen LogP contribution is -2.17. The predicted molar refractivity (Wildman–Crippen MR) is 69.6 cm³/mol. The number of nitrogens with zero attached hydrogens (tertiary/aromatic N) is 1. The fraction of sp³-hybridized carbons (Fsp3) is 0. The first-order chi connectivity index (χ1) is 9.18. The van der Waals surface area contributed by atoms with E-state index in [2.05, 4.69) is 10.5 Å². The standard InChI is InChI=1S/C14H11FN2O2/c15-12-7-4-8-13(18)11(12)9-16-17-14(19)10-5-2-1-3-6-10/h1-9,18H,(H,17,19). The second-order valence-electron chi connectivity index (χ2n) is 3.74. The van der Waals surface area contributed by atoms with Gasteiger partial charge in [0.25, 0.3) is 5.91 Å². The number of halogens is 1. The maximum absolute atomic E-state index is 13.3. The van der Waals surface area contributed by atoms with Crippen molar-refractivity contribution in [1.29, 1.82) is 0 Å². The second-order valence-corrected chi connectivity index (χ2v) is 3.74. The topological polar surface area (TPSA) is 61.7 Å². The molecule has 0 aliphatic heterocycles. The predicted octanol–water partition coefficient (Wildman–Crippen LogP) is 2.30. The van der Waals surface area contributed by atoms with Crippen molar-refractivity contribution in [2.75, 3.05) is 0 Å². The summed E-state index contributed by atoms with van der Waals surface area (Å²) in [6.45, 7) is 0. The van der Waals surface area contributed by atoms with Crippen molar-refractivity contribution in [3.05, 3.63) is 65.5 Å². The van der Waals surface area contributed by atoms with Crippen molar-refractivity contribution in [2.24, 2.45) is 5.10 Å². The van der Waals surface area contributed by atoms with Gasteiger partial charge in [-0.15, -0.1) is 0 Å². The van der Waals surface area contributed by atoms with Crippen LogP contribution in [-0.2, 0) is 0 Å². The molecule has 5 heteroatoms. The molecule has 0 unspecified atom stereocenters. The molecule has 2 N–H and O–H groups in total. The number of aromatic hydroxyl groups is 1. The zero-order valence-corrected chi connectivity index (χ0v) is 9.88. The Labute approximate surface area is 109 Å². The zero-order chi connectivity index (χ0) is 13.7. The van der Waals surface area contributed by atoms with Crippen molar-refractivity contribution >= 4 is 12.1 Å². The Kier molecular flexibility index (Phi) is 3.87. The summed E-state index contributed by atoms with van der Waals surface area (Å²) in [4.78, 5) is 11.6. The molecule has 0 bridgehead atoms. The maximum atomic E-state index is 13.3. The summed E-state index contributed by atoms with van der Waals surface area (Å²) < 4.78 is 13.3. The largest absolute Gasteiger partial charge is 0.507 e. The Balaban J connectivity index is 2.07. The van der Waals surface area contributed by atoms with Crippen LogP contribution in [0.2, 0.25) is 0 Å². The molecule has 0 aliphatic rings. The highest BCUT2D eigenvalue weighted by atomic mass is 19.1.